The minimum Gasteiger partial charge on any atom is -0.393 e. The van der Waals surface area contributed by atoms with Crippen molar-refractivity contribution in [3.05, 3.63) is 11.6 Å². The third kappa shape index (κ3) is 3.03. The summed E-state index contributed by atoms with van der Waals surface area (Å²) in [6.45, 7) is 5.64. The maximum absolute atomic E-state index is 12.1. The second kappa shape index (κ2) is 5.75. The van der Waals surface area contributed by atoms with Gasteiger partial charge in [0.15, 0.2) is 0 Å². The third-order valence-corrected chi connectivity index (χ3v) is 6.47. The Morgan fingerprint density at radius 3 is 2.62 bits per heavy atom. The molecule has 4 aliphatic rings. The average Bonchev–Trinajstić information content (AvgIpc) is 2.47. The van der Waals surface area contributed by atoms with Gasteiger partial charge in [-0.25, -0.2) is 0 Å². The van der Waals surface area contributed by atoms with E-state index in [2.05, 4.69) is 19.2 Å². The van der Waals surface area contributed by atoms with E-state index in [0.29, 0.717) is 11.3 Å². The number of rotatable bonds is 3. The number of fused-ring (bicyclic) bond motifs is 2. The monoisotopic (exact) mass is 291 g/mol. The van der Waals surface area contributed by atoms with Gasteiger partial charge in [0.25, 0.3) is 0 Å². The Balaban J connectivity index is 1.47. The molecule has 4 fully saturated rings. The van der Waals surface area contributed by atoms with Gasteiger partial charge in [0.05, 0.1) is 6.10 Å². The number of aliphatic hydroxyl groups excluding tert-OH is 1. The van der Waals surface area contributed by atoms with Gasteiger partial charge in [0.1, 0.15) is 0 Å². The van der Waals surface area contributed by atoms with E-state index in [1.807, 2.05) is 0 Å². The lowest BCUT2D eigenvalue weighted by molar-refractivity contribution is -0.120. The lowest BCUT2D eigenvalue weighted by Crippen LogP contribution is -2.54. The number of carbonyl (C=O) groups excluding carboxylic acids is 1. The Labute approximate surface area is 128 Å². The summed E-state index contributed by atoms with van der Waals surface area (Å²) >= 11 is 0. The molecule has 0 radical (unpaired) electrons. The van der Waals surface area contributed by atoms with Gasteiger partial charge in [-0.3, -0.25) is 4.79 Å². The van der Waals surface area contributed by atoms with Gasteiger partial charge < -0.3 is 10.4 Å². The van der Waals surface area contributed by atoms with Crippen molar-refractivity contribution in [2.45, 2.75) is 64.9 Å². The van der Waals surface area contributed by atoms with Crippen molar-refractivity contribution in [2.75, 3.05) is 6.54 Å². The normalized spacial score (nSPS) is 37.6. The number of nitrogens with one attached hydrogen (secondary N) is 1. The van der Waals surface area contributed by atoms with Gasteiger partial charge in [0.2, 0.25) is 5.91 Å². The van der Waals surface area contributed by atoms with E-state index < -0.39 is 0 Å². The van der Waals surface area contributed by atoms with Crippen LogP contribution in [0.3, 0.4) is 0 Å². The average molecular weight is 291 g/mol. The van der Waals surface area contributed by atoms with Crippen LogP contribution in [0.25, 0.3) is 0 Å². The molecule has 118 valence electrons. The lowest BCUT2D eigenvalue weighted by Gasteiger charge is -2.60. The van der Waals surface area contributed by atoms with Crippen LogP contribution >= 0.6 is 0 Å². The SMILES string of the molecule is CC1(C)[C@H]2CC[C@@H](CNC(=O)C=C3CCC(O)CC3)[C@@H]1C2. The Morgan fingerprint density at radius 2 is 2.00 bits per heavy atom. The summed E-state index contributed by atoms with van der Waals surface area (Å²) in [5.41, 5.74) is 1.69. The highest BCUT2D eigenvalue weighted by Crippen LogP contribution is 2.61. The molecule has 0 aromatic carbocycles. The second-order valence-electron chi connectivity index (χ2n) is 7.98. The molecule has 0 aromatic rings. The van der Waals surface area contributed by atoms with E-state index in [1.54, 1.807) is 6.08 Å². The number of amides is 1. The quantitative estimate of drug-likeness (QED) is 0.785. The van der Waals surface area contributed by atoms with Crippen LogP contribution < -0.4 is 5.32 Å². The van der Waals surface area contributed by atoms with Crippen LogP contribution in [0.5, 0.6) is 0 Å². The number of hydrogen-bond donors (Lipinski definition) is 2. The van der Waals surface area contributed by atoms with Gasteiger partial charge in [-0.1, -0.05) is 19.4 Å². The van der Waals surface area contributed by atoms with Gasteiger partial charge in [-0.05, 0) is 68.1 Å². The highest BCUT2D eigenvalue weighted by atomic mass is 16.3. The zero-order valence-electron chi connectivity index (χ0n) is 13.4. The maximum atomic E-state index is 12.1. The summed E-state index contributed by atoms with van der Waals surface area (Å²) in [5, 5.41) is 12.6. The predicted molar refractivity (Wildman–Crippen MR) is 83.7 cm³/mol. The summed E-state index contributed by atoms with van der Waals surface area (Å²) in [5.74, 6) is 2.46. The van der Waals surface area contributed by atoms with Gasteiger partial charge in [-0.2, -0.15) is 0 Å². The Bertz CT molecular complexity index is 428. The molecule has 4 aliphatic carbocycles. The Kier molecular flexibility index (Phi) is 4.13. The molecule has 1 amide bonds. The van der Waals surface area contributed by atoms with Crippen molar-refractivity contribution in [3.63, 3.8) is 0 Å². The summed E-state index contributed by atoms with van der Waals surface area (Å²) in [6, 6.07) is 0. The molecule has 0 heterocycles. The summed E-state index contributed by atoms with van der Waals surface area (Å²) in [6.07, 6.45) is 8.95. The summed E-state index contributed by atoms with van der Waals surface area (Å²) in [7, 11) is 0. The molecule has 0 unspecified atom stereocenters. The van der Waals surface area contributed by atoms with Crippen molar-refractivity contribution in [1.82, 2.24) is 5.32 Å². The van der Waals surface area contributed by atoms with Crippen LogP contribution in [0.1, 0.15) is 58.8 Å². The number of aliphatic hydroxyl groups is 1. The first-order chi connectivity index (χ1) is 9.96. The third-order valence-electron chi connectivity index (χ3n) is 6.47. The second-order valence-corrected chi connectivity index (χ2v) is 7.98. The largest absolute Gasteiger partial charge is 0.393 e. The molecule has 3 heteroatoms. The van der Waals surface area contributed by atoms with Crippen molar-refractivity contribution in [3.8, 4) is 0 Å². The van der Waals surface area contributed by atoms with Crippen molar-refractivity contribution < 1.29 is 9.90 Å². The fourth-order valence-corrected chi connectivity index (χ4v) is 4.79. The topological polar surface area (TPSA) is 49.3 Å². The van der Waals surface area contributed by atoms with Crippen LogP contribution in [0.15, 0.2) is 11.6 Å². The first kappa shape index (κ1) is 15.1. The first-order valence-corrected chi connectivity index (χ1v) is 8.62. The van der Waals surface area contributed by atoms with Gasteiger partial charge >= 0.3 is 0 Å². The van der Waals surface area contributed by atoms with Gasteiger partial charge in [-0.15, -0.1) is 0 Å². The molecular formula is C18H29NO2. The van der Waals surface area contributed by atoms with E-state index in [4.69, 9.17) is 0 Å². The van der Waals surface area contributed by atoms with E-state index in [1.165, 1.54) is 24.8 Å². The standard InChI is InChI=1S/C18H29NO2/c1-18(2)14-6-5-13(16(18)10-14)11-19-17(21)9-12-3-7-15(20)8-4-12/h9,13-16,20H,3-8,10-11H2,1-2H3,(H,19,21)/t13-,14-,15?,16-/m0/s1. The van der Waals surface area contributed by atoms with Crippen LogP contribution in [0.4, 0.5) is 0 Å². The highest BCUT2D eigenvalue weighted by Gasteiger charge is 2.53. The molecule has 4 rings (SSSR count). The predicted octanol–water partition coefficient (Wildman–Crippen LogP) is 3.04. The highest BCUT2D eigenvalue weighted by molar-refractivity contribution is 5.88. The molecule has 2 bridgehead atoms. The maximum Gasteiger partial charge on any atom is 0.243 e. The lowest BCUT2D eigenvalue weighted by atomic mass is 9.45. The first-order valence-electron chi connectivity index (χ1n) is 8.62. The molecule has 3 atom stereocenters. The molecule has 21 heavy (non-hydrogen) atoms. The molecule has 0 aliphatic heterocycles. The molecule has 0 saturated heterocycles. The van der Waals surface area contributed by atoms with Crippen molar-refractivity contribution >= 4 is 5.91 Å². The number of carbonyl (C=O) groups is 1. The fourth-order valence-electron chi connectivity index (χ4n) is 4.79. The number of allylic oxidation sites excluding steroid dienone is 1. The van der Waals surface area contributed by atoms with E-state index >= 15 is 0 Å². The van der Waals surface area contributed by atoms with Crippen LogP contribution in [-0.2, 0) is 4.79 Å². The van der Waals surface area contributed by atoms with E-state index in [-0.39, 0.29) is 12.0 Å². The van der Waals surface area contributed by atoms with Crippen LogP contribution in [0.2, 0.25) is 0 Å². The molecule has 0 spiro atoms. The van der Waals surface area contributed by atoms with Gasteiger partial charge in [0, 0.05) is 12.6 Å². The van der Waals surface area contributed by atoms with Crippen LogP contribution in [-0.4, -0.2) is 23.7 Å². The molecule has 4 saturated carbocycles. The zero-order chi connectivity index (χ0) is 15.0. The summed E-state index contributed by atoms with van der Waals surface area (Å²) < 4.78 is 0. The number of hydrogen-bond acceptors (Lipinski definition) is 2. The van der Waals surface area contributed by atoms with Crippen molar-refractivity contribution in [2.24, 2.45) is 23.2 Å². The smallest absolute Gasteiger partial charge is 0.243 e. The zero-order valence-corrected chi connectivity index (χ0v) is 13.4. The molecule has 2 N–H and O–H groups in total. The van der Waals surface area contributed by atoms with Crippen LogP contribution in [0, 0.1) is 23.2 Å². The Hall–Kier alpha value is -0.830. The molecular weight excluding hydrogens is 262 g/mol. The Morgan fingerprint density at radius 1 is 1.29 bits per heavy atom. The molecule has 3 nitrogen and oxygen atoms in total. The minimum absolute atomic E-state index is 0.0700. The fraction of sp³-hybridized carbons (Fsp3) is 0.833. The van der Waals surface area contributed by atoms with E-state index in [0.717, 1.165) is 44.1 Å². The summed E-state index contributed by atoms with van der Waals surface area (Å²) in [4.78, 5) is 12.1. The molecule has 0 aromatic heterocycles. The van der Waals surface area contributed by atoms with E-state index in [9.17, 15) is 9.90 Å². The van der Waals surface area contributed by atoms with Crippen molar-refractivity contribution in [1.29, 1.82) is 0 Å². The minimum atomic E-state index is -0.166.